The van der Waals surface area contributed by atoms with Gasteiger partial charge in [0.15, 0.2) is 0 Å². The van der Waals surface area contributed by atoms with Crippen LogP contribution in [0.3, 0.4) is 0 Å². The van der Waals surface area contributed by atoms with Crippen LogP contribution in [-0.4, -0.2) is 10.7 Å². The van der Waals surface area contributed by atoms with Gasteiger partial charge in [-0.05, 0) is 38.0 Å². The van der Waals surface area contributed by atoms with Crippen LogP contribution in [0.5, 0.6) is 0 Å². The van der Waals surface area contributed by atoms with Crippen molar-refractivity contribution < 1.29 is 5.11 Å². The molecule has 1 nitrogen and oxygen atoms in total. The van der Waals surface area contributed by atoms with Gasteiger partial charge in [-0.2, -0.15) is 0 Å². The standard InChI is InChI=1S/C18H34O/c1-6-7-8-14-18(5,19)15-10-13-17(4)12-9-11-16(2)3/h16-17,19H,6-7,9-13,15H2,1-5H3. The maximum absolute atomic E-state index is 10.1. The number of rotatable bonds is 9. The molecule has 1 N–H and O–H groups in total. The van der Waals surface area contributed by atoms with E-state index in [2.05, 4.69) is 39.5 Å². The lowest BCUT2D eigenvalue weighted by atomic mass is 9.92. The summed E-state index contributed by atoms with van der Waals surface area (Å²) in [6.45, 7) is 10.9. The minimum Gasteiger partial charge on any atom is -0.378 e. The van der Waals surface area contributed by atoms with E-state index < -0.39 is 5.60 Å². The zero-order chi connectivity index (χ0) is 14.7. The quantitative estimate of drug-likeness (QED) is 0.571. The smallest absolute Gasteiger partial charge is 0.122 e. The number of hydrogen-bond donors (Lipinski definition) is 1. The van der Waals surface area contributed by atoms with E-state index in [1.807, 2.05) is 6.92 Å². The topological polar surface area (TPSA) is 20.2 Å². The minimum atomic E-state index is -0.785. The molecular formula is C18H34O. The van der Waals surface area contributed by atoms with Crippen LogP contribution in [0, 0.1) is 23.7 Å². The highest BCUT2D eigenvalue weighted by atomic mass is 16.3. The van der Waals surface area contributed by atoms with Crippen molar-refractivity contribution in [3.63, 3.8) is 0 Å². The van der Waals surface area contributed by atoms with Crippen molar-refractivity contribution >= 4 is 0 Å². The van der Waals surface area contributed by atoms with Crippen molar-refractivity contribution in [1.82, 2.24) is 0 Å². The van der Waals surface area contributed by atoms with Gasteiger partial charge in [0.1, 0.15) is 5.60 Å². The molecule has 0 rings (SSSR count). The summed E-state index contributed by atoms with van der Waals surface area (Å²) in [4.78, 5) is 0. The second-order valence-corrected chi connectivity index (χ2v) is 6.65. The summed E-state index contributed by atoms with van der Waals surface area (Å²) in [6, 6.07) is 0. The second kappa shape index (κ2) is 10.3. The van der Waals surface area contributed by atoms with Gasteiger partial charge in [0.2, 0.25) is 0 Å². The summed E-state index contributed by atoms with van der Waals surface area (Å²) in [5, 5.41) is 10.1. The highest BCUT2D eigenvalue weighted by Crippen LogP contribution is 2.20. The van der Waals surface area contributed by atoms with E-state index >= 15 is 0 Å². The van der Waals surface area contributed by atoms with Gasteiger partial charge in [-0.3, -0.25) is 0 Å². The maximum Gasteiger partial charge on any atom is 0.122 e. The molecule has 2 atom stereocenters. The van der Waals surface area contributed by atoms with Crippen molar-refractivity contribution in [3.8, 4) is 11.8 Å². The molecule has 0 fully saturated rings. The predicted molar refractivity (Wildman–Crippen MR) is 85.0 cm³/mol. The Morgan fingerprint density at radius 2 is 1.68 bits per heavy atom. The normalized spacial score (nSPS) is 15.7. The van der Waals surface area contributed by atoms with Crippen LogP contribution in [0.25, 0.3) is 0 Å². The summed E-state index contributed by atoms with van der Waals surface area (Å²) in [5.74, 6) is 7.65. The summed E-state index contributed by atoms with van der Waals surface area (Å²) in [6.07, 6.45) is 9.05. The Bertz CT molecular complexity index is 267. The third kappa shape index (κ3) is 12.3. The second-order valence-electron chi connectivity index (χ2n) is 6.65. The molecule has 0 heterocycles. The first-order valence-corrected chi connectivity index (χ1v) is 8.09. The van der Waals surface area contributed by atoms with Crippen LogP contribution in [0.1, 0.15) is 86.0 Å². The number of aliphatic hydroxyl groups is 1. The van der Waals surface area contributed by atoms with Gasteiger partial charge in [0, 0.05) is 6.42 Å². The molecule has 0 aromatic carbocycles. The van der Waals surface area contributed by atoms with Gasteiger partial charge in [-0.15, -0.1) is 5.92 Å². The van der Waals surface area contributed by atoms with E-state index in [-0.39, 0.29) is 0 Å². The van der Waals surface area contributed by atoms with Gasteiger partial charge < -0.3 is 5.11 Å². The Labute approximate surface area is 121 Å². The van der Waals surface area contributed by atoms with Crippen LogP contribution < -0.4 is 0 Å². The molecule has 0 saturated heterocycles. The minimum absolute atomic E-state index is 0.776. The maximum atomic E-state index is 10.1. The molecule has 0 bridgehead atoms. The van der Waals surface area contributed by atoms with Crippen LogP contribution in [0.4, 0.5) is 0 Å². The number of hydrogen-bond acceptors (Lipinski definition) is 1. The molecule has 0 aromatic rings. The molecule has 0 radical (unpaired) electrons. The van der Waals surface area contributed by atoms with E-state index in [1.54, 1.807) is 0 Å². The van der Waals surface area contributed by atoms with Gasteiger partial charge in [-0.25, -0.2) is 0 Å². The average molecular weight is 266 g/mol. The van der Waals surface area contributed by atoms with Crippen molar-refractivity contribution in [2.75, 3.05) is 0 Å². The lowest BCUT2D eigenvalue weighted by Crippen LogP contribution is -2.21. The molecule has 0 amide bonds. The van der Waals surface area contributed by atoms with Gasteiger partial charge in [0.25, 0.3) is 0 Å². The van der Waals surface area contributed by atoms with E-state index in [0.717, 1.165) is 37.5 Å². The molecule has 19 heavy (non-hydrogen) atoms. The monoisotopic (exact) mass is 266 g/mol. The lowest BCUT2D eigenvalue weighted by molar-refractivity contribution is 0.107. The Kier molecular flexibility index (Phi) is 10.1. The lowest BCUT2D eigenvalue weighted by Gasteiger charge is -2.18. The molecular weight excluding hydrogens is 232 g/mol. The Balaban J connectivity index is 3.74. The van der Waals surface area contributed by atoms with Gasteiger partial charge in [-0.1, -0.05) is 59.3 Å². The van der Waals surface area contributed by atoms with Crippen LogP contribution in [-0.2, 0) is 0 Å². The Hall–Kier alpha value is -0.480. The molecule has 0 saturated carbocycles. The zero-order valence-corrected chi connectivity index (χ0v) is 13.8. The fourth-order valence-electron chi connectivity index (χ4n) is 2.25. The van der Waals surface area contributed by atoms with Crippen molar-refractivity contribution in [2.24, 2.45) is 11.8 Å². The SMILES string of the molecule is CCCC#CC(C)(O)CCCC(C)CCCC(C)C. The molecule has 0 aliphatic carbocycles. The summed E-state index contributed by atoms with van der Waals surface area (Å²) in [5.41, 5.74) is -0.785. The van der Waals surface area contributed by atoms with Crippen molar-refractivity contribution in [3.05, 3.63) is 0 Å². The summed E-state index contributed by atoms with van der Waals surface area (Å²) in [7, 11) is 0. The molecule has 1 heteroatoms. The third-order valence-corrected chi connectivity index (χ3v) is 3.57. The van der Waals surface area contributed by atoms with Crippen molar-refractivity contribution in [1.29, 1.82) is 0 Å². The Morgan fingerprint density at radius 3 is 2.26 bits per heavy atom. The number of unbranched alkanes of at least 4 members (excludes halogenated alkanes) is 1. The molecule has 0 aliphatic heterocycles. The molecule has 0 aliphatic rings. The van der Waals surface area contributed by atoms with Crippen LogP contribution in [0.2, 0.25) is 0 Å². The summed E-state index contributed by atoms with van der Waals surface area (Å²) >= 11 is 0. The first-order chi connectivity index (χ1) is 8.87. The zero-order valence-electron chi connectivity index (χ0n) is 13.8. The van der Waals surface area contributed by atoms with Gasteiger partial charge in [0.05, 0.1) is 0 Å². The fourth-order valence-corrected chi connectivity index (χ4v) is 2.25. The van der Waals surface area contributed by atoms with Gasteiger partial charge >= 0.3 is 0 Å². The van der Waals surface area contributed by atoms with E-state index in [0.29, 0.717) is 0 Å². The average Bonchev–Trinajstić information content (AvgIpc) is 2.28. The van der Waals surface area contributed by atoms with E-state index in [1.165, 1.54) is 25.7 Å². The van der Waals surface area contributed by atoms with Crippen molar-refractivity contribution in [2.45, 2.75) is 91.6 Å². The first-order valence-electron chi connectivity index (χ1n) is 8.09. The Morgan fingerprint density at radius 1 is 1.05 bits per heavy atom. The summed E-state index contributed by atoms with van der Waals surface area (Å²) < 4.78 is 0. The first kappa shape index (κ1) is 18.5. The van der Waals surface area contributed by atoms with Crippen LogP contribution in [0.15, 0.2) is 0 Å². The highest BCUT2D eigenvalue weighted by molar-refractivity contribution is 5.11. The predicted octanol–water partition coefficient (Wildman–Crippen LogP) is 5.17. The largest absolute Gasteiger partial charge is 0.378 e. The van der Waals surface area contributed by atoms with E-state index in [4.69, 9.17) is 0 Å². The van der Waals surface area contributed by atoms with E-state index in [9.17, 15) is 5.11 Å². The highest BCUT2D eigenvalue weighted by Gasteiger charge is 2.16. The molecule has 0 aromatic heterocycles. The molecule has 2 unspecified atom stereocenters. The van der Waals surface area contributed by atoms with Crippen LogP contribution >= 0.6 is 0 Å². The third-order valence-electron chi connectivity index (χ3n) is 3.57. The molecule has 112 valence electrons. The molecule has 0 spiro atoms. The fraction of sp³-hybridized carbons (Fsp3) is 0.889.